The number of carbonyl (C=O) groups excluding carboxylic acids is 4. The average molecular weight is 464 g/mol. The Morgan fingerprint density at radius 3 is 2.41 bits per heavy atom. The third kappa shape index (κ3) is 4.29. The van der Waals surface area contributed by atoms with Gasteiger partial charge >= 0.3 is 5.97 Å². The van der Waals surface area contributed by atoms with Crippen LogP contribution in [0.4, 0.5) is 10.2 Å². The van der Waals surface area contributed by atoms with Crippen molar-refractivity contribution in [3.05, 3.63) is 76.7 Å². The summed E-state index contributed by atoms with van der Waals surface area (Å²) in [6.45, 7) is 4.24. The molecule has 174 valence electrons. The van der Waals surface area contributed by atoms with Gasteiger partial charge in [0.25, 0.3) is 17.7 Å². The molecule has 0 spiro atoms. The van der Waals surface area contributed by atoms with Gasteiger partial charge in [0.15, 0.2) is 6.61 Å². The van der Waals surface area contributed by atoms with E-state index in [1.807, 2.05) is 0 Å². The molecule has 1 atom stereocenters. The fraction of sp³-hybridized carbons (Fsp3) is 0.208. The molecule has 2 aromatic carbocycles. The summed E-state index contributed by atoms with van der Waals surface area (Å²) in [5.74, 6) is -2.84. The van der Waals surface area contributed by atoms with E-state index >= 15 is 0 Å². The van der Waals surface area contributed by atoms with Crippen LogP contribution in [0.1, 0.15) is 38.9 Å². The molecule has 0 radical (unpaired) electrons. The molecule has 10 heteroatoms. The fourth-order valence-corrected chi connectivity index (χ4v) is 3.63. The zero-order chi connectivity index (χ0) is 24.6. The largest absolute Gasteiger partial charge is 0.454 e. The second-order valence-electron chi connectivity index (χ2n) is 7.92. The van der Waals surface area contributed by atoms with Crippen LogP contribution >= 0.6 is 0 Å². The Morgan fingerprint density at radius 1 is 1.03 bits per heavy atom. The number of hydrogen-bond donors (Lipinski definition) is 1. The Morgan fingerprint density at radius 2 is 1.71 bits per heavy atom. The van der Waals surface area contributed by atoms with Crippen LogP contribution in [0.15, 0.2) is 48.5 Å². The smallest absolute Gasteiger partial charge is 0.329 e. The number of benzene rings is 2. The number of amides is 3. The molecule has 9 nitrogen and oxygen atoms in total. The number of carbonyl (C=O) groups is 4. The predicted octanol–water partition coefficient (Wildman–Crippen LogP) is 2.79. The normalized spacial score (nSPS) is 13.6. The second kappa shape index (κ2) is 8.89. The third-order valence-electron chi connectivity index (χ3n) is 5.32. The molecule has 0 fully saturated rings. The number of nitrogens with one attached hydrogen (secondary N) is 1. The number of esters is 1. The SMILES string of the molecule is Cc1ccc2c(c1)C(=O)N(C(C)C(=O)OCC(=O)Nc1cc(C)nn1-c1ccc(F)cc1)C2=O. The van der Waals surface area contributed by atoms with Crippen LogP contribution in [0.3, 0.4) is 0 Å². The van der Waals surface area contributed by atoms with Gasteiger partial charge in [-0.3, -0.25) is 19.3 Å². The number of anilines is 1. The maximum absolute atomic E-state index is 13.2. The van der Waals surface area contributed by atoms with E-state index in [9.17, 15) is 23.6 Å². The van der Waals surface area contributed by atoms with Crippen molar-refractivity contribution in [1.82, 2.24) is 14.7 Å². The van der Waals surface area contributed by atoms with E-state index in [0.717, 1.165) is 10.5 Å². The number of fused-ring (bicyclic) bond motifs is 1. The van der Waals surface area contributed by atoms with E-state index in [2.05, 4.69) is 10.4 Å². The summed E-state index contributed by atoms with van der Waals surface area (Å²) >= 11 is 0. The number of rotatable bonds is 6. The molecule has 4 rings (SSSR count). The second-order valence-corrected chi connectivity index (χ2v) is 7.92. The summed E-state index contributed by atoms with van der Waals surface area (Å²) in [7, 11) is 0. The molecular formula is C24H21FN4O5. The fourth-order valence-electron chi connectivity index (χ4n) is 3.63. The van der Waals surface area contributed by atoms with Gasteiger partial charge in [0.05, 0.1) is 22.5 Å². The molecule has 1 N–H and O–H groups in total. The van der Waals surface area contributed by atoms with E-state index in [1.54, 1.807) is 38.1 Å². The van der Waals surface area contributed by atoms with Gasteiger partial charge in [-0.15, -0.1) is 0 Å². The van der Waals surface area contributed by atoms with Crippen molar-refractivity contribution in [2.24, 2.45) is 0 Å². The van der Waals surface area contributed by atoms with Crippen molar-refractivity contribution in [3.63, 3.8) is 0 Å². The molecule has 0 bridgehead atoms. The predicted molar refractivity (Wildman–Crippen MR) is 119 cm³/mol. The van der Waals surface area contributed by atoms with Crippen molar-refractivity contribution < 1.29 is 28.3 Å². The number of halogens is 1. The lowest BCUT2D eigenvalue weighted by Gasteiger charge is -2.20. The number of ether oxygens (including phenoxy) is 1. The first-order valence-electron chi connectivity index (χ1n) is 10.4. The molecule has 1 aromatic heterocycles. The van der Waals surface area contributed by atoms with Gasteiger partial charge in [-0.25, -0.2) is 13.9 Å². The summed E-state index contributed by atoms with van der Waals surface area (Å²) in [5.41, 5.74) is 2.38. The summed E-state index contributed by atoms with van der Waals surface area (Å²) in [5, 5.41) is 6.86. The standard InChI is InChI=1S/C24H21FN4O5/c1-13-4-9-18-19(10-13)23(32)28(22(18)31)15(3)24(33)34-12-21(30)26-20-11-14(2)27-29(20)17-7-5-16(25)6-8-17/h4-11,15H,12H2,1-3H3,(H,26,30). The summed E-state index contributed by atoms with van der Waals surface area (Å²) in [6.07, 6.45) is 0. The molecule has 0 saturated carbocycles. The molecule has 0 saturated heterocycles. The first kappa shape index (κ1) is 22.8. The van der Waals surface area contributed by atoms with Crippen LogP contribution in [0, 0.1) is 19.7 Å². The Hall–Kier alpha value is -4.34. The first-order chi connectivity index (χ1) is 16.2. The van der Waals surface area contributed by atoms with E-state index in [4.69, 9.17) is 4.74 Å². The van der Waals surface area contributed by atoms with Crippen LogP contribution in [0.5, 0.6) is 0 Å². The lowest BCUT2D eigenvalue weighted by atomic mass is 10.1. The number of imide groups is 1. The minimum Gasteiger partial charge on any atom is -0.454 e. The van der Waals surface area contributed by atoms with Crippen molar-refractivity contribution in [2.45, 2.75) is 26.8 Å². The Labute approximate surface area is 194 Å². The Bertz CT molecular complexity index is 1320. The molecule has 1 aliphatic heterocycles. The molecule has 0 aliphatic carbocycles. The molecule has 2 heterocycles. The average Bonchev–Trinajstić information content (AvgIpc) is 3.28. The highest BCUT2D eigenvalue weighted by Crippen LogP contribution is 2.26. The zero-order valence-electron chi connectivity index (χ0n) is 18.7. The highest BCUT2D eigenvalue weighted by molar-refractivity contribution is 6.22. The van der Waals surface area contributed by atoms with Crippen LogP contribution in [0.25, 0.3) is 5.69 Å². The van der Waals surface area contributed by atoms with Gasteiger partial charge in [-0.2, -0.15) is 5.10 Å². The molecule has 1 aliphatic rings. The van der Waals surface area contributed by atoms with Gasteiger partial charge < -0.3 is 10.1 Å². The summed E-state index contributed by atoms with van der Waals surface area (Å²) in [4.78, 5) is 51.1. The van der Waals surface area contributed by atoms with Crippen LogP contribution < -0.4 is 5.32 Å². The highest BCUT2D eigenvalue weighted by atomic mass is 19.1. The summed E-state index contributed by atoms with van der Waals surface area (Å²) in [6, 6.07) is 10.8. The van der Waals surface area contributed by atoms with Gasteiger partial charge in [0.1, 0.15) is 17.7 Å². The van der Waals surface area contributed by atoms with E-state index in [-0.39, 0.29) is 11.1 Å². The van der Waals surface area contributed by atoms with Gasteiger partial charge in [-0.05, 0) is 57.2 Å². The number of hydrogen-bond acceptors (Lipinski definition) is 6. The quantitative estimate of drug-likeness (QED) is 0.444. The Balaban J connectivity index is 1.40. The zero-order valence-corrected chi connectivity index (χ0v) is 18.7. The lowest BCUT2D eigenvalue weighted by molar-refractivity contribution is -0.150. The van der Waals surface area contributed by atoms with E-state index < -0.39 is 42.2 Å². The lowest BCUT2D eigenvalue weighted by Crippen LogP contribution is -2.44. The first-order valence-corrected chi connectivity index (χ1v) is 10.4. The third-order valence-corrected chi connectivity index (χ3v) is 5.32. The Kier molecular flexibility index (Phi) is 5.97. The molecule has 3 amide bonds. The monoisotopic (exact) mass is 464 g/mol. The maximum Gasteiger partial charge on any atom is 0.329 e. The van der Waals surface area contributed by atoms with Crippen molar-refractivity contribution >= 4 is 29.5 Å². The van der Waals surface area contributed by atoms with Gasteiger partial charge in [-0.1, -0.05) is 11.6 Å². The highest BCUT2D eigenvalue weighted by Gasteiger charge is 2.41. The van der Waals surface area contributed by atoms with Crippen molar-refractivity contribution in [3.8, 4) is 5.69 Å². The number of aromatic nitrogens is 2. The summed E-state index contributed by atoms with van der Waals surface area (Å²) < 4.78 is 19.7. The minimum atomic E-state index is -1.22. The molecule has 1 unspecified atom stereocenters. The van der Waals surface area contributed by atoms with Crippen LogP contribution in [0.2, 0.25) is 0 Å². The van der Waals surface area contributed by atoms with Crippen LogP contribution in [-0.4, -0.2) is 51.0 Å². The molecular weight excluding hydrogens is 443 g/mol. The van der Waals surface area contributed by atoms with E-state index in [0.29, 0.717) is 17.2 Å². The van der Waals surface area contributed by atoms with Crippen molar-refractivity contribution in [1.29, 1.82) is 0 Å². The van der Waals surface area contributed by atoms with Crippen LogP contribution in [-0.2, 0) is 14.3 Å². The van der Waals surface area contributed by atoms with Gasteiger partial charge in [0.2, 0.25) is 0 Å². The van der Waals surface area contributed by atoms with Crippen molar-refractivity contribution in [2.75, 3.05) is 11.9 Å². The maximum atomic E-state index is 13.2. The number of nitrogens with zero attached hydrogens (tertiary/aromatic N) is 3. The number of aryl methyl sites for hydroxylation is 2. The molecule has 3 aromatic rings. The van der Waals surface area contributed by atoms with E-state index in [1.165, 1.54) is 35.9 Å². The molecule has 34 heavy (non-hydrogen) atoms. The minimum absolute atomic E-state index is 0.220. The van der Waals surface area contributed by atoms with Gasteiger partial charge in [0, 0.05) is 6.07 Å². The topological polar surface area (TPSA) is 111 Å².